The summed E-state index contributed by atoms with van der Waals surface area (Å²) in [4.78, 5) is 23.5. The van der Waals surface area contributed by atoms with Crippen molar-refractivity contribution in [2.45, 2.75) is 26.5 Å². The van der Waals surface area contributed by atoms with Crippen LogP contribution in [0.25, 0.3) is 0 Å². The zero-order valence-electron chi connectivity index (χ0n) is 17.0. The fraction of sp³-hybridized carbons (Fsp3) is 0.167. The first-order chi connectivity index (χ1) is 14.5. The van der Waals surface area contributed by atoms with Crippen molar-refractivity contribution in [1.82, 2.24) is 0 Å². The summed E-state index contributed by atoms with van der Waals surface area (Å²) in [6, 6.07) is 24.0. The van der Waals surface area contributed by atoms with E-state index in [-0.39, 0.29) is 11.8 Å². The molecular weight excluding hydrogens is 378 g/mol. The highest BCUT2D eigenvalue weighted by atomic mass is 16.5. The minimum absolute atomic E-state index is 0.138. The van der Waals surface area contributed by atoms with Crippen molar-refractivity contribution >= 4 is 28.9 Å². The highest BCUT2D eigenvalue weighted by molar-refractivity contribution is 5.96. The maximum Gasteiger partial charge on any atom is 0.246 e. The number of rotatable bonds is 8. The van der Waals surface area contributed by atoms with E-state index in [1.165, 1.54) is 6.92 Å². The van der Waals surface area contributed by atoms with Gasteiger partial charge >= 0.3 is 0 Å². The van der Waals surface area contributed by atoms with Crippen molar-refractivity contribution in [2.24, 2.45) is 0 Å². The standard InChI is InChI=1S/C24H25N3O3/c1-17(24(29)27-22-10-8-21(9-11-22)26-18(2)28)25-20-12-14-23(15-13-20)30-16-19-6-4-3-5-7-19/h3-15,17,25H,16H2,1-2H3,(H,26,28)(H,27,29)/t17-/m1/s1. The third-order valence-electron chi connectivity index (χ3n) is 4.35. The molecule has 30 heavy (non-hydrogen) atoms. The van der Waals surface area contributed by atoms with E-state index in [2.05, 4.69) is 16.0 Å². The first kappa shape index (κ1) is 20.9. The Labute approximate surface area is 176 Å². The molecule has 3 N–H and O–H groups in total. The van der Waals surface area contributed by atoms with Crippen molar-refractivity contribution in [3.05, 3.63) is 84.4 Å². The smallest absolute Gasteiger partial charge is 0.246 e. The van der Waals surface area contributed by atoms with E-state index in [9.17, 15) is 9.59 Å². The predicted octanol–water partition coefficient (Wildman–Crippen LogP) is 4.66. The van der Waals surface area contributed by atoms with Gasteiger partial charge in [-0.2, -0.15) is 0 Å². The molecule has 0 unspecified atom stereocenters. The molecular formula is C24H25N3O3. The predicted molar refractivity (Wildman–Crippen MR) is 120 cm³/mol. The van der Waals surface area contributed by atoms with Gasteiger partial charge in [-0.25, -0.2) is 0 Å². The number of anilines is 3. The van der Waals surface area contributed by atoms with Gasteiger partial charge in [-0.1, -0.05) is 30.3 Å². The van der Waals surface area contributed by atoms with E-state index < -0.39 is 6.04 Å². The summed E-state index contributed by atoms with van der Waals surface area (Å²) in [7, 11) is 0. The number of nitrogens with one attached hydrogen (secondary N) is 3. The van der Waals surface area contributed by atoms with Gasteiger partial charge in [0.25, 0.3) is 0 Å². The van der Waals surface area contributed by atoms with Crippen LogP contribution in [-0.4, -0.2) is 17.9 Å². The molecule has 0 spiro atoms. The third kappa shape index (κ3) is 6.38. The Bertz CT molecular complexity index is 971. The average molecular weight is 403 g/mol. The molecule has 3 rings (SSSR count). The Balaban J connectivity index is 1.49. The van der Waals surface area contributed by atoms with Gasteiger partial charge in [-0.15, -0.1) is 0 Å². The molecule has 1 atom stereocenters. The zero-order chi connectivity index (χ0) is 21.3. The van der Waals surface area contributed by atoms with Crippen LogP contribution in [0, 0.1) is 0 Å². The van der Waals surface area contributed by atoms with E-state index in [0.717, 1.165) is 17.0 Å². The Morgan fingerprint density at radius 1 is 0.800 bits per heavy atom. The number of hydrogen-bond acceptors (Lipinski definition) is 4. The Morgan fingerprint density at radius 2 is 1.37 bits per heavy atom. The van der Waals surface area contributed by atoms with Crippen LogP contribution in [-0.2, 0) is 16.2 Å². The summed E-state index contributed by atoms with van der Waals surface area (Å²) >= 11 is 0. The van der Waals surface area contributed by atoms with Gasteiger partial charge in [-0.05, 0) is 61.0 Å². The molecule has 154 valence electrons. The van der Waals surface area contributed by atoms with E-state index in [1.807, 2.05) is 54.6 Å². The van der Waals surface area contributed by atoms with E-state index >= 15 is 0 Å². The van der Waals surface area contributed by atoms with Crippen molar-refractivity contribution in [2.75, 3.05) is 16.0 Å². The third-order valence-corrected chi connectivity index (χ3v) is 4.35. The van der Waals surface area contributed by atoms with Crippen molar-refractivity contribution in [3.63, 3.8) is 0 Å². The van der Waals surface area contributed by atoms with Gasteiger partial charge in [-0.3, -0.25) is 9.59 Å². The van der Waals surface area contributed by atoms with Crippen LogP contribution < -0.4 is 20.7 Å². The SMILES string of the molecule is CC(=O)Nc1ccc(NC(=O)[C@@H](C)Nc2ccc(OCc3ccccc3)cc2)cc1. The van der Waals surface area contributed by atoms with Crippen LogP contribution in [0.5, 0.6) is 5.75 Å². The number of amides is 2. The molecule has 0 radical (unpaired) electrons. The Kier molecular flexibility index (Phi) is 7.05. The van der Waals surface area contributed by atoms with Crippen LogP contribution in [0.1, 0.15) is 19.4 Å². The number of carbonyl (C=O) groups is 2. The summed E-state index contributed by atoms with van der Waals surface area (Å²) in [5.74, 6) is 0.466. The molecule has 0 saturated carbocycles. The molecule has 2 amide bonds. The van der Waals surface area contributed by atoms with Crippen LogP contribution in [0.4, 0.5) is 17.1 Å². The summed E-state index contributed by atoms with van der Waals surface area (Å²) in [6.07, 6.45) is 0. The van der Waals surface area contributed by atoms with Crippen molar-refractivity contribution in [1.29, 1.82) is 0 Å². The molecule has 3 aromatic rings. The van der Waals surface area contributed by atoms with Gasteiger partial charge in [0.2, 0.25) is 11.8 Å². The summed E-state index contributed by atoms with van der Waals surface area (Å²) in [5, 5.41) is 8.72. The fourth-order valence-corrected chi connectivity index (χ4v) is 2.79. The lowest BCUT2D eigenvalue weighted by Gasteiger charge is -2.16. The van der Waals surface area contributed by atoms with Crippen molar-refractivity contribution < 1.29 is 14.3 Å². The second-order valence-electron chi connectivity index (χ2n) is 6.91. The largest absolute Gasteiger partial charge is 0.489 e. The highest BCUT2D eigenvalue weighted by Crippen LogP contribution is 2.18. The summed E-state index contributed by atoms with van der Waals surface area (Å²) < 4.78 is 5.78. The van der Waals surface area contributed by atoms with Crippen LogP contribution in [0.3, 0.4) is 0 Å². The summed E-state index contributed by atoms with van der Waals surface area (Å²) in [5.41, 5.74) is 3.27. The van der Waals surface area contributed by atoms with Gasteiger partial charge < -0.3 is 20.7 Å². The number of hydrogen-bond donors (Lipinski definition) is 3. The normalized spacial score (nSPS) is 11.3. The second-order valence-corrected chi connectivity index (χ2v) is 6.91. The average Bonchev–Trinajstić information content (AvgIpc) is 2.75. The quantitative estimate of drug-likeness (QED) is 0.511. The Hall–Kier alpha value is -3.80. The van der Waals surface area contributed by atoms with Crippen molar-refractivity contribution in [3.8, 4) is 5.75 Å². The number of benzene rings is 3. The first-order valence-corrected chi connectivity index (χ1v) is 9.71. The van der Waals surface area contributed by atoms with Gasteiger partial charge in [0.15, 0.2) is 0 Å². The molecule has 0 fully saturated rings. The van der Waals surface area contributed by atoms with E-state index in [4.69, 9.17) is 4.74 Å². The minimum atomic E-state index is -0.434. The van der Waals surface area contributed by atoms with E-state index in [0.29, 0.717) is 18.0 Å². The van der Waals surface area contributed by atoms with Crippen LogP contribution in [0.2, 0.25) is 0 Å². The lowest BCUT2D eigenvalue weighted by atomic mass is 10.2. The molecule has 0 aromatic heterocycles. The molecule has 0 aliphatic heterocycles. The summed E-state index contributed by atoms with van der Waals surface area (Å²) in [6.45, 7) is 3.75. The molecule has 0 heterocycles. The molecule has 0 aliphatic rings. The van der Waals surface area contributed by atoms with Gasteiger partial charge in [0.05, 0.1) is 0 Å². The molecule has 0 aliphatic carbocycles. The second kappa shape index (κ2) is 10.1. The highest BCUT2D eigenvalue weighted by Gasteiger charge is 2.13. The minimum Gasteiger partial charge on any atom is -0.489 e. The molecule has 3 aromatic carbocycles. The Morgan fingerprint density at radius 3 is 1.97 bits per heavy atom. The lowest BCUT2D eigenvalue weighted by Crippen LogP contribution is -2.31. The topological polar surface area (TPSA) is 79.5 Å². The van der Waals surface area contributed by atoms with Gasteiger partial charge in [0, 0.05) is 24.0 Å². The molecule has 6 heteroatoms. The molecule has 0 bridgehead atoms. The fourth-order valence-electron chi connectivity index (χ4n) is 2.79. The monoisotopic (exact) mass is 403 g/mol. The van der Waals surface area contributed by atoms with Crippen LogP contribution in [0.15, 0.2) is 78.9 Å². The van der Waals surface area contributed by atoms with Crippen LogP contribution >= 0.6 is 0 Å². The zero-order valence-corrected chi connectivity index (χ0v) is 17.0. The number of carbonyl (C=O) groups excluding carboxylic acids is 2. The molecule has 0 saturated heterocycles. The van der Waals surface area contributed by atoms with E-state index in [1.54, 1.807) is 31.2 Å². The molecule has 6 nitrogen and oxygen atoms in total. The number of ether oxygens (including phenoxy) is 1. The maximum atomic E-state index is 12.4. The first-order valence-electron chi connectivity index (χ1n) is 9.71. The maximum absolute atomic E-state index is 12.4. The van der Waals surface area contributed by atoms with Gasteiger partial charge in [0.1, 0.15) is 18.4 Å². The lowest BCUT2D eigenvalue weighted by molar-refractivity contribution is -0.116.